The van der Waals surface area contributed by atoms with E-state index in [1.807, 2.05) is 0 Å². The molecule has 14 heavy (non-hydrogen) atoms. The molecule has 2 fully saturated rings. The van der Waals surface area contributed by atoms with Gasteiger partial charge >= 0.3 is 0 Å². The van der Waals surface area contributed by atoms with E-state index in [2.05, 4.69) is 5.32 Å². The molecule has 0 aliphatic carbocycles. The molecule has 0 aromatic carbocycles. The summed E-state index contributed by atoms with van der Waals surface area (Å²) in [4.78, 5) is 0. The molecule has 0 aromatic rings. The highest BCUT2D eigenvalue weighted by Crippen LogP contribution is 2.26. The maximum Gasteiger partial charge on any atom is 0.213 e. The minimum absolute atomic E-state index is 0.236. The van der Waals surface area contributed by atoms with Crippen LogP contribution < -0.4 is 5.32 Å². The van der Waals surface area contributed by atoms with E-state index in [0.29, 0.717) is 11.8 Å². The van der Waals surface area contributed by atoms with Crippen molar-refractivity contribution in [1.82, 2.24) is 9.62 Å². The Morgan fingerprint density at radius 3 is 2.36 bits per heavy atom. The first-order valence-electron chi connectivity index (χ1n) is 5.30. The molecule has 2 heterocycles. The van der Waals surface area contributed by atoms with Crippen LogP contribution >= 0.6 is 0 Å². The number of hydrogen-bond donors (Lipinski definition) is 1. The van der Waals surface area contributed by atoms with Gasteiger partial charge in [0.15, 0.2) is 0 Å². The second-order valence-corrected chi connectivity index (χ2v) is 6.60. The second-order valence-electron chi connectivity index (χ2n) is 4.34. The van der Waals surface area contributed by atoms with Crippen molar-refractivity contribution in [2.24, 2.45) is 11.8 Å². The SMILES string of the molecule is CCS(=O)(=O)N1C[C@H]2CNC[C@@H](C2)C1. The molecule has 0 aromatic heterocycles. The number of hydrogen-bond acceptors (Lipinski definition) is 3. The molecule has 0 saturated carbocycles. The summed E-state index contributed by atoms with van der Waals surface area (Å²) in [5.41, 5.74) is 0. The van der Waals surface area contributed by atoms with Gasteiger partial charge in [-0.15, -0.1) is 0 Å². The van der Waals surface area contributed by atoms with Crippen LogP contribution in [0.25, 0.3) is 0 Å². The predicted molar refractivity (Wildman–Crippen MR) is 55.5 cm³/mol. The zero-order valence-electron chi connectivity index (χ0n) is 8.57. The third-order valence-corrected chi connectivity index (χ3v) is 5.03. The van der Waals surface area contributed by atoms with Crippen LogP contribution in [-0.4, -0.2) is 44.7 Å². The Morgan fingerprint density at radius 1 is 1.29 bits per heavy atom. The molecule has 0 radical (unpaired) electrons. The van der Waals surface area contributed by atoms with Crippen LogP contribution in [0.5, 0.6) is 0 Å². The van der Waals surface area contributed by atoms with Crippen LogP contribution in [0.1, 0.15) is 13.3 Å². The fourth-order valence-corrected chi connectivity index (χ4v) is 3.71. The fourth-order valence-electron chi connectivity index (χ4n) is 2.47. The van der Waals surface area contributed by atoms with Crippen molar-refractivity contribution in [3.63, 3.8) is 0 Å². The number of fused-ring (bicyclic) bond motifs is 2. The lowest BCUT2D eigenvalue weighted by molar-refractivity contribution is 0.159. The molecule has 2 atom stereocenters. The smallest absolute Gasteiger partial charge is 0.213 e. The Bertz CT molecular complexity index is 290. The van der Waals surface area contributed by atoms with Gasteiger partial charge in [-0.05, 0) is 38.3 Å². The van der Waals surface area contributed by atoms with E-state index in [0.717, 1.165) is 26.2 Å². The average Bonchev–Trinajstić information content (AvgIpc) is 2.17. The Hall–Kier alpha value is -0.130. The van der Waals surface area contributed by atoms with Crippen molar-refractivity contribution < 1.29 is 8.42 Å². The first-order chi connectivity index (χ1) is 6.62. The molecule has 0 spiro atoms. The largest absolute Gasteiger partial charge is 0.316 e. The van der Waals surface area contributed by atoms with Crippen LogP contribution in [0.15, 0.2) is 0 Å². The number of sulfonamides is 1. The van der Waals surface area contributed by atoms with Gasteiger partial charge in [-0.25, -0.2) is 12.7 Å². The van der Waals surface area contributed by atoms with Crippen molar-refractivity contribution in [2.75, 3.05) is 31.9 Å². The van der Waals surface area contributed by atoms with Gasteiger partial charge in [-0.1, -0.05) is 0 Å². The summed E-state index contributed by atoms with van der Waals surface area (Å²) in [6.07, 6.45) is 1.20. The van der Waals surface area contributed by atoms with Crippen LogP contribution in [0.2, 0.25) is 0 Å². The topological polar surface area (TPSA) is 49.4 Å². The number of nitrogens with one attached hydrogen (secondary N) is 1. The third-order valence-electron chi connectivity index (χ3n) is 3.21. The zero-order chi connectivity index (χ0) is 10.2. The molecule has 82 valence electrons. The summed E-state index contributed by atoms with van der Waals surface area (Å²) in [7, 11) is -2.96. The van der Waals surface area contributed by atoms with Gasteiger partial charge in [0.1, 0.15) is 0 Å². The molecule has 4 nitrogen and oxygen atoms in total. The molecule has 0 unspecified atom stereocenters. The minimum Gasteiger partial charge on any atom is -0.316 e. The van der Waals surface area contributed by atoms with Gasteiger partial charge in [-0.2, -0.15) is 0 Å². The summed E-state index contributed by atoms with van der Waals surface area (Å²) >= 11 is 0. The van der Waals surface area contributed by atoms with E-state index in [1.54, 1.807) is 11.2 Å². The standard InChI is InChI=1S/C9H18N2O2S/c1-2-14(12,13)11-6-8-3-9(7-11)5-10-4-8/h8-10H,2-7H2,1H3/t8-,9-/m1/s1. The quantitative estimate of drug-likeness (QED) is 0.703. The van der Waals surface area contributed by atoms with Crippen LogP contribution in [0.4, 0.5) is 0 Å². The summed E-state index contributed by atoms with van der Waals surface area (Å²) in [5.74, 6) is 1.30. The lowest BCUT2D eigenvalue weighted by Gasteiger charge is -2.40. The highest BCUT2D eigenvalue weighted by atomic mass is 32.2. The lowest BCUT2D eigenvalue weighted by Crippen LogP contribution is -2.52. The average molecular weight is 218 g/mol. The zero-order valence-corrected chi connectivity index (χ0v) is 9.39. The molecule has 2 aliphatic rings. The predicted octanol–water partition coefficient (Wildman–Crippen LogP) is -0.123. The molecule has 2 bridgehead atoms. The van der Waals surface area contributed by atoms with E-state index in [1.165, 1.54) is 6.42 Å². The molecule has 2 aliphatic heterocycles. The van der Waals surface area contributed by atoms with Gasteiger partial charge in [0.25, 0.3) is 0 Å². The van der Waals surface area contributed by atoms with E-state index < -0.39 is 10.0 Å². The summed E-state index contributed by atoms with van der Waals surface area (Å²) < 4.78 is 25.1. The molecular weight excluding hydrogens is 200 g/mol. The highest BCUT2D eigenvalue weighted by molar-refractivity contribution is 7.89. The third kappa shape index (κ3) is 1.94. The van der Waals surface area contributed by atoms with Crippen LogP contribution in [0, 0.1) is 11.8 Å². The Labute approximate surface area is 85.7 Å². The van der Waals surface area contributed by atoms with Gasteiger partial charge < -0.3 is 5.32 Å². The van der Waals surface area contributed by atoms with Crippen molar-refractivity contribution in [1.29, 1.82) is 0 Å². The summed E-state index contributed by atoms with van der Waals surface area (Å²) in [5, 5.41) is 3.36. The highest BCUT2D eigenvalue weighted by Gasteiger charge is 2.34. The van der Waals surface area contributed by atoms with Crippen molar-refractivity contribution >= 4 is 10.0 Å². The normalized spacial score (nSPS) is 34.4. The van der Waals surface area contributed by atoms with E-state index >= 15 is 0 Å². The lowest BCUT2D eigenvalue weighted by atomic mass is 9.87. The molecule has 2 saturated heterocycles. The first-order valence-corrected chi connectivity index (χ1v) is 6.91. The Morgan fingerprint density at radius 2 is 1.86 bits per heavy atom. The van der Waals surface area contributed by atoms with Crippen molar-refractivity contribution in [3.05, 3.63) is 0 Å². The van der Waals surface area contributed by atoms with Gasteiger partial charge in [0.05, 0.1) is 5.75 Å². The number of nitrogens with zero attached hydrogens (tertiary/aromatic N) is 1. The molecule has 5 heteroatoms. The van der Waals surface area contributed by atoms with E-state index in [9.17, 15) is 8.42 Å². The van der Waals surface area contributed by atoms with Crippen LogP contribution in [0.3, 0.4) is 0 Å². The fraction of sp³-hybridized carbons (Fsp3) is 1.00. The van der Waals surface area contributed by atoms with Crippen LogP contribution in [-0.2, 0) is 10.0 Å². The van der Waals surface area contributed by atoms with Gasteiger partial charge in [0, 0.05) is 13.1 Å². The first kappa shape index (κ1) is 10.4. The Balaban J connectivity index is 2.09. The number of piperidine rings is 2. The van der Waals surface area contributed by atoms with Crippen molar-refractivity contribution in [3.8, 4) is 0 Å². The van der Waals surface area contributed by atoms with E-state index in [-0.39, 0.29) is 5.75 Å². The number of rotatable bonds is 2. The molecule has 2 rings (SSSR count). The molecular formula is C9H18N2O2S. The van der Waals surface area contributed by atoms with Crippen molar-refractivity contribution in [2.45, 2.75) is 13.3 Å². The van der Waals surface area contributed by atoms with Gasteiger partial charge in [0.2, 0.25) is 10.0 Å². The monoisotopic (exact) mass is 218 g/mol. The second kappa shape index (κ2) is 3.79. The molecule has 1 N–H and O–H groups in total. The molecule has 0 amide bonds. The van der Waals surface area contributed by atoms with E-state index in [4.69, 9.17) is 0 Å². The maximum absolute atomic E-state index is 11.7. The minimum atomic E-state index is -2.96. The summed E-state index contributed by atoms with van der Waals surface area (Å²) in [6.45, 7) is 5.12. The van der Waals surface area contributed by atoms with Gasteiger partial charge in [-0.3, -0.25) is 0 Å². The Kier molecular flexibility index (Phi) is 2.81. The maximum atomic E-state index is 11.7. The summed E-state index contributed by atoms with van der Waals surface area (Å²) in [6, 6.07) is 0.